The van der Waals surface area contributed by atoms with Gasteiger partial charge in [-0.25, -0.2) is 4.98 Å². The van der Waals surface area contributed by atoms with Gasteiger partial charge >= 0.3 is 0 Å². The van der Waals surface area contributed by atoms with E-state index < -0.39 is 5.60 Å². The van der Waals surface area contributed by atoms with Crippen LogP contribution in [0.3, 0.4) is 0 Å². The molecule has 3 rings (SSSR count). The summed E-state index contributed by atoms with van der Waals surface area (Å²) in [5.41, 5.74) is -0.281. The molecular formula is C11H14N4O2. The Kier molecular flexibility index (Phi) is 2.09. The highest BCUT2D eigenvalue weighted by Gasteiger charge is 2.35. The van der Waals surface area contributed by atoms with Gasteiger partial charge in [0.15, 0.2) is 5.65 Å². The van der Waals surface area contributed by atoms with Crippen molar-refractivity contribution in [1.29, 1.82) is 0 Å². The molecule has 2 heterocycles. The van der Waals surface area contributed by atoms with Crippen molar-refractivity contribution in [2.24, 2.45) is 7.05 Å². The minimum absolute atomic E-state index is 0.136. The second kappa shape index (κ2) is 3.40. The first-order valence-electron chi connectivity index (χ1n) is 5.69. The van der Waals surface area contributed by atoms with E-state index in [2.05, 4.69) is 10.1 Å². The molecule has 0 aliphatic heterocycles. The fourth-order valence-corrected chi connectivity index (χ4v) is 2.24. The standard InChI is InChI=1S/C11H14N4O2/c1-14-9-8(5-13-14)10(16)15(7-12-9)6-11(17)3-2-4-11/h5,7,17H,2-4,6H2,1H3. The Morgan fingerprint density at radius 3 is 2.94 bits per heavy atom. The zero-order chi connectivity index (χ0) is 12.0. The smallest absolute Gasteiger partial charge is 0.264 e. The number of rotatable bonds is 2. The number of hydrogen-bond donors (Lipinski definition) is 1. The zero-order valence-electron chi connectivity index (χ0n) is 9.63. The Morgan fingerprint density at radius 2 is 2.29 bits per heavy atom. The molecule has 1 aliphatic rings. The van der Waals surface area contributed by atoms with Crippen molar-refractivity contribution in [3.8, 4) is 0 Å². The van der Waals surface area contributed by atoms with E-state index >= 15 is 0 Å². The lowest BCUT2D eigenvalue weighted by atomic mass is 9.80. The van der Waals surface area contributed by atoms with Gasteiger partial charge in [0, 0.05) is 7.05 Å². The van der Waals surface area contributed by atoms with Gasteiger partial charge in [-0.1, -0.05) is 0 Å². The fraction of sp³-hybridized carbons (Fsp3) is 0.545. The Hall–Kier alpha value is -1.69. The predicted octanol–water partition coefficient (Wildman–Crippen LogP) is 0.0450. The van der Waals surface area contributed by atoms with E-state index in [0.29, 0.717) is 17.6 Å². The van der Waals surface area contributed by atoms with Gasteiger partial charge in [0.1, 0.15) is 11.7 Å². The summed E-state index contributed by atoms with van der Waals surface area (Å²) in [6, 6.07) is 0. The van der Waals surface area contributed by atoms with Crippen molar-refractivity contribution >= 4 is 11.0 Å². The molecule has 2 aromatic rings. The van der Waals surface area contributed by atoms with Gasteiger partial charge in [-0.05, 0) is 19.3 Å². The average Bonchev–Trinajstić information content (AvgIpc) is 2.63. The quantitative estimate of drug-likeness (QED) is 0.796. The molecule has 0 aromatic carbocycles. The van der Waals surface area contributed by atoms with E-state index in [0.717, 1.165) is 19.3 Å². The molecule has 1 saturated carbocycles. The topological polar surface area (TPSA) is 72.9 Å². The average molecular weight is 234 g/mol. The minimum atomic E-state index is -0.721. The lowest BCUT2D eigenvalue weighted by Crippen LogP contribution is -2.43. The maximum atomic E-state index is 12.1. The van der Waals surface area contributed by atoms with Crippen LogP contribution in [0.25, 0.3) is 11.0 Å². The van der Waals surface area contributed by atoms with E-state index in [1.807, 2.05) is 0 Å². The Balaban J connectivity index is 2.06. The molecule has 0 radical (unpaired) electrons. The van der Waals surface area contributed by atoms with Crippen LogP contribution in [-0.2, 0) is 13.6 Å². The molecule has 1 N–H and O–H groups in total. The van der Waals surface area contributed by atoms with Gasteiger partial charge in [0.25, 0.3) is 5.56 Å². The summed E-state index contributed by atoms with van der Waals surface area (Å²) in [6.07, 6.45) is 5.54. The maximum Gasteiger partial charge on any atom is 0.264 e. The third kappa shape index (κ3) is 1.56. The second-order valence-electron chi connectivity index (χ2n) is 4.76. The van der Waals surface area contributed by atoms with Crippen molar-refractivity contribution in [2.75, 3.05) is 0 Å². The third-order valence-electron chi connectivity index (χ3n) is 3.47. The molecule has 1 aliphatic carbocycles. The van der Waals surface area contributed by atoms with Gasteiger partial charge in [-0.3, -0.25) is 14.0 Å². The number of aromatic nitrogens is 4. The Bertz CT molecular complexity index is 624. The molecule has 0 atom stereocenters. The normalized spacial score (nSPS) is 18.2. The Labute approximate surface area is 97.5 Å². The maximum absolute atomic E-state index is 12.1. The molecule has 90 valence electrons. The van der Waals surface area contributed by atoms with Crippen LogP contribution in [-0.4, -0.2) is 30.0 Å². The molecule has 17 heavy (non-hydrogen) atoms. The van der Waals surface area contributed by atoms with E-state index in [-0.39, 0.29) is 5.56 Å². The van der Waals surface area contributed by atoms with E-state index in [1.54, 1.807) is 11.7 Å². The fourth-order valence-electron chi connectivity index (χ4n) is 2.24. The number of nitrogens with zero attached hydrogens (tertiary/aromatic N) is 4. The van der Waals surface area contributed by atoms with Crippen molar-refractivity contribution in [3.05, 3.63) is 22.9 Å². The molecule has 0 amide bonds. The molecular weight excluding hydrogens is 220 g/mol. The molecule has 2 aromatic heterocycles. The van der Waals surface area contributed by atoms with Crippen LogP contribution in [0.1, 0.15) is 19.3 Å². The largest absolute Gasteiger partial charge is 0.388 e. The van der Waals surface area contributed by atoms with Crippen molar-refractivity contribution in [2.45, 2.75) is 31.4 Å². The summed E-state index contributed by atoms with van der Waals surface area (Å²) < 4.78 is 3.04. The molecule has 1 fully saturated rings. The number of aliphatic hydroxyl groups is 1. The van der Waals surface area contributed by atoms with E-state index in [4.69, 9.17) is 0 Å². The van der Waals surface area contributed by atoms with Gasteiger partial charge in [0.05, 0.1) is 18.3 Å². The molecule has 6 nitrogen and oxygen atoms in total. The second-order valence-corrected chi connectivity index (χ2v) is 4.76. The summed E-state index contributed by atoms with van der Waals surface area (Å²) in [5, 5.41) is 14.6. The first-order chi connectivity index (χ1) is 8.09. The summed E-state index contributed by atoms with van der Waals surface area (Å²) in [4.78, 5) is 16.3. The Morgan fingerprint density at radius 1 is 1.53 bits per heavy atom. The first kappa shape index (κ1) is 10.5. The highest BCUT2D eigenvalue weighted by Crippen LogP contribution is 2.32. The lowest BCUT2D eigenvalue weighted by Gasteiger charge is -2.36. The van der Waals surface area contributed by atoms with Crippen molar-refractivity contribution < 1.29 is 5.11 Å². The van der Waals surface area contributed by atoms with Gasteiger partial charge < -0.3 is 5.11 Å². The van der Waals surface area contributed by atoms with Crippen molar-refractivity contribution in [1.82, 2.24) is 19.3 Å². The number of fused-ring (bicyclic) bond motifs is 1. The van der Waals surface area contributed by atoms with Gasteiger partial charge in [-0.15, -0.1) is 0 Å². The summed E-state index contributed by atoms with van der Waals surface area (Å²) >= 11 is 0. The van der Waals surface area contributed by atoms with Crippen LogP contribution in [0.15, 0.2) is 17.3 Å². The van der Waals surface area contributed by atoms with E-state index in [9.17, 15) is 9.90 Å². The van der Waals surface area contributed by atoms with Crippen LogP contribution in [0.4, 0.5) is 0 Å². The lowest BCUT2D eigenvalue weighted by molar-refractivity contribution is -0.0481. The monoisotopic (exact) mass is 234 g/mol. The molecule has 0 saturated heterocycles. The zero-order valence-corrected chi connectivity index (χ0v) is 9.63. The third-order valence-corrected chi connectivity index (χ3v) is 3.47. The van der Waals surface area contributed by atoms with Crippen LogP contribution in [0.2, 0.25) is 0 Å². The molecule has 0 spiro atoms. The summed E-state index contributed by atoms with van der Waals surface area (Å²) in [6.45, 7) is 0.323. The molecule has 0 unspecified atom stereocenters. The highest BCUT2D eigenvalue weighted by atomic mass is 16.3. The molecule has 0 bridgehead atoms. The van der Waals surface area contributed by atoms with Crippen LogP contribution < -0.4 is 5.56 Å². The first-order valence-corrected chi connectivity index (χ1v) is 5.69. The predicted molar refractivity (Wildman–Crippen MR) is 61.6 cm³/mol. The van der Waals surface area contributed by atoms with Crippen molar-refractivity contribution in [3.63, 3.8) is 0 Å². The van der Waals surface area contributed by atoms with Crippen LogP contribution in [0, 0.1) is 0 Å². The highest BCUT2D eigenvalue weighted by molar-refractivity contribution is 5.72. The van der Waals surface area contributed by atoms with E-state index in [1.165, 1.54) is 17.1 Å². The number of hydrogen-bond acceptors (Lipinski definition) is 4. The number of aryl methyl sites for hydroxylation is 1. The van der Waals surface area contributed by atoms with Gasteiger partial charge in [0.2, 0.25) is 0 Å². The minimum Gasteiger partial charge on any atom is -0.388 e. The van der Waals surface area contributed by atoms with Crippen LogP contribution >= 0.6 is 0 Å². The summed E-state index contributed by atoms with van der Waals surface area (Å²) in [7, 11) is 1.75. The van der Waals surface area contributed by atoms with Crippen LogP contribution in [0.5, 0.6) is 0 Å². The SMILES string of the molecule is Cn1ncc2c(=O)n(CC3(O)CCC3)cnc21. The van der Waals surface area contributed by atoms with Gasteiger partial charge in [-0.2, -0.15) is 5.10 Å². The summed E-state index contributed by atoms with van der Waals surface area (Å²) in [5.74, 6) is 0. The molecule has 6 heteroatoms.